The second-order valence-corrected chi connectivity index (χ2v) is 5.84. The van der Waals surface area contributed by atoms with Crippen molar-refractivity contribution in [2.75, 3.05) is 12.4 Å². The third-order valence-electron chi connectivity index (χ3n) is 4.17. The van der Waals surface area contributed by atoms with E-state index in [4.69, 9.17) is 5.26 Å². The maximum atomic E-state index is 10.0. The Balaban J connectivity index is 0.000000567. The fraction of sp³-hybridized carbons (Fsp3) is 0.632. The number of rotatable bonds is 3. The number of anilines is 1. The van der Waals surface area contributed by atoms with Crippen LogP contribution in [0.1, 0.15) is 77.8 Å². The molecule has 0 amide bonds. The summed E-state index contributed by atoms with van der Waals surface area (Å²) in [6.45, 7) is 7.22. The molecule has 0 saturated heterocycles. The third kappa shape index (κ3) is 5.17. The van der Waals surface area contributed by atoms with E-state index in [1.165, 1.54) is 39.0 Å². The molecule has 1 unspecified atom stereocenters. The predicted molar refractivity (Wildman–Crippen MR) is 102 cm³/mol. The number of hydrogen-bond acceptors (Lipinski definition) is 5. The smallest absolute Gasteiger partial charge is 0.138 e. The lowest BCUT2D eigenvalue weighted by molar-refractivity contribution is 0.178. The maximum absolute atomic E-state index is 10.0. The van der Waals surface area contributed by atoms with Gasteiger partial charge in [0.1, 0.15) is 23.3 Å². The zero-order valence-corrected chi connectivity index (χ0v) is 16.1. The Morgan fingerprint density at radius 3 is 2.44 bits per heavy atom. The number of imidazole rings is 1. The Labute approximate surface area is 150 Å². The number of fused-ring (bicyclic) bond motifs is 1. The molecule has 0 radical (unpaired) electrons. The van der Waals surface area contributed by atoms with Crippen LogP contribution >= 0.6 is 0 Å². The lowest BCUT2D eigenvalue weighted by Crippen LogP contribution is -2.16. The van der Waals surface area contributed by atoms with Crippen LogP contribution in [-0.4, -0.2) is 26.7 Å². The van der Waals surface area contributed by atoms with Crippen LogP contribution in [0, 0.1) is 11.3 Å². The standard InChI is InChI=1S/C15H22N4O.C2H3N.C2H6/c1-10(20)15-18-12-9-17-14(16-2)8-13(12)19(15)11-6-4-3-5-7-11;1-2-3;1-2/h8-11,20H,3-7H2,1-2H3,(H,16,17);1H3;1-2H3. The van der Waals surface area contributed by atoms with E-state index in [-0.39, 0.29) is 0 Å². The number of pyridine rings is 1. The highest BCUT2D eigenvalue weighted by Gasteiger charge is 2.23. The van der Waals surface area contributed by atoms with Crippen LogP contribution in [0.5, 0.6) is 0 Å². The normalized spacial score (nSPS) is 15.2. The molecule has 1 saturated carbocycles. The second-order valence-electron chi connectivity index (χ2n) is 5.84. The van der Waals surface area contributed by atoms with Crippen LogP contribution in [-0.2, 0) is 0 Å². The molecule has 6 nitrogen and oxygen atoms in total. The van der Waals surface area contributed by atoms with E-state index in [1.807, 2.05) is 27.0 Å². The van der Waals surface area contributed by atoms with E-state index < -0.39 is 6.10 Å². The summed E-state index contributed by atoms with van der Waals surface area (Å²) in [7, 11) is 1.87. The minimum atomic E-state index is -0.553. The Hall–Kier alpha value is -2.13. The van der Waals surface area contributed by atoms with E-state index in [1.54, 1.807) is 19.2 Å². The Kier molecular flexibility index (Phi) is 8.93. The zero-order chi connectivity index (χ0) is 18.8. The minimum Gasteiger partial charge on any atom is -0.385 e. The monoisotopic (exact) mass is 345 g/mol. The number of aromatic nitrogens is 3. The molecule has 1 atom stereocenters. The number of nitrogens with one attached hydrogen (secondary N) is 1. The van der Waals surface area contributed by atoms with Gasteiger partial charge >= 0.3 is 0 Å². The van der Waals surface area contributed by atoms with Crippen molar-refractivity contribution in [2.45, 2.75) is 71.9 Å². The molecule has 0 aromatic carbocycles. The van der Waals surface area contributed by atoms with Gasteiger partial charge in [-0.25, -0.2) is 9.97 Å². The van der Waals surface area contributed by atoms with Crippen molar-refractivity contribution in [3.8, 4) is 6.07 Å². The first-order valence-electron chi connectivity index (χ1n) is 9.16. The summed E-state index contributed by atoms with van der Waals surface area (Å²) in [6, 6.07) is 4.23. The predicted octanol–water partition coefficient (Wildman–Crippen LogP) is 4.59. The van der Waals surface area contributed by atoms with Crippen LogP contribution in [0.2, 0.25) is 0 Å². The molecule has 2 aromatic heterocycles. The van der Waals surface area contributed by atoms with Gasteiger partial charge in [0.25, 0.3) is 0 Å². The Morgan fingerprint density at radius 2 is 1.92 bits per heavy atom. The molecular weight excluding hydrogens is 314 g/mol. The molecule has 1 aliphatic carbocycles. The highest BCUT2D eigenvalue weighted by atomic mass is 16.3. The van der Waals surface area contributed by atoms with Crippen molar-refractivity contribution in [2.24, 2.45) is 0 Å². The molecule has 1 fully saturated rings. The van der Waals surface area contributed by atoms with Gasteiger partial charge in [0, 0.05) is 26.1 Å². The number of nitrogens with zero attached hydrogens (tertiary/aromatic N) is 4. The van der Waals surface area contributed by atoms with Gasteiger partial charge in [-0.2, -0.15) is 5.26 Å². The summed E-state index contributed by atoms with van der Waals surface area (Å²) in [6.07, 6.45) is 7.40. The molecule has 2 aromatic rings. The fourth-order valence-corrected chi connectivity index (χ4v) is 3.17. The minimum absolute atomic E-state index is 0.449. The van der Waals surface area contributed by atoms with Gasteiger partial charge in [0.05, 0.1) is 17.8 Å². The summed E-state index contributed by atoms with van der Waals surface area (Å²) >= 11 is 0. The van der Waals surface area contributed by atoms with E-state index in [9.17, 15) is 5.11 Å². The van der Waals surface area contributed by atoms with Crippen molar-refractivity contribution in [1.29, 1.82) is 5.26 Å². The molecule has 6 heteroatoms. The first-order valence-corrected chi connectivity index (χ1v) is 9.16. The van der Waals surface area contributed by atoms with E-state index >= 15 is 0 Å². The first-order chi connectivity index (χ1) is 12.1. The lowest BCUT2D eigenvalue weighted by atomic mass is 9.95. The van der Waals surface area contributed by atoms with Crippen molar-refractivity contribution < 1.29 is 5.11 Å². The number of nitriles is 1. The number of aliphatic hydroxyl groups is 1. The molecule has 1 aliphatic rings. The quantitative estimate of drug-likeness (QED) is 0.849. The largest absolute Gasteiger partial charge is 0.385 e. The van der Waals surface area contributed by atoms with Crippen molar-refractivity contribution in [3.05, 3.63) is 18.1 Å². The van der Waals surface area contributed by atoms with Gasteiger partial charge in [-0.1, -0.05) is 33.1 Å². The Bertz CT molecular complexity index is 681. The molecule has 2 N–H and O–H groups in total. The summed E-state index contributed by atoms with van der Waals surface area (Å²) < 4.78 is 2.24. The van der Waals surface area contributed by atoms with Crippen LogP contribution in [0.25, 0.3) is 11.0 Å². The molecule has 0 bridgehead atoms. The highest BCUT2D eigenvalue weighted by molar-refractivity contribution is 5.78. The molecule has 138 valence electrons. The summed E-state index contributed by atoms with van der Waals surface area (Å²) in [4.78, 5) is 8.90. The average Bonchev–Trinajstić information content (AvgIpc) is 3.03. The summed E-state index contributed by atoms with van der Waals surface area (Å²) in [5, 5.41) is 20.4. The second kappa shape index (κ2) is 10.7. The maximum Gasteiger partial charge on any atom is 0.138 e. The van der Waals surface area contributed by atoms with E-state index in [2.05, 4.69) is 19.9 Å². The van der Waals surface area contributed by atoms with Crippen LogP contribution < -0.4 is 5.32 Å². The SMILES string of the molecule is CC.CC#N.CNc1cc2c(cn1)nc(C(C)O)n2C1CCCCC1. The fourth-order valence-electron chi connectivity index (χ4n) is 3.17. The van der Waals surface area contributed by atoms with Crippen LogP contribution in [0.3, 0.4) is 0 Å². The van der Waals surface area contributed by atoms with Gasteiger partial charge in [0.2, 0.25) is 0 Å². The number of hydrogen-bond donors (Lipinski definition) is 2. The van der Waals surface area contributed by atoms with Gasteiger partial charge in [-0.15, -0.1) is 0 Å². The molecule has 0 spiro atoms. The van der Waals surface area contributed by atoms with Crippen molar-refractivity contribution >= 4 is 16.9 Å². The van der Waals surface area contributed by atoms with Gasteiger partial charge in [-0.3, -0.25) is 0 Å². The highest BCUT2D eigenvalue weighted by Crippen LogP contribution is 2.34. The third-order valence-corrected chi connectivity index (χ3v) is 4.17. The van der Waals surface area contributed by atoms with Gasteiger partial charge < -0.3 is 15.0 Å². The molecule has 25 heavy (non-hydrogen) atoms. The van der Waals surface area contributed by atoms with E-state index in [0.29, 0.717) is 6.04 Å². The van der Waals surface area contributed by atoms with Crippen molar-refractivity contribution in [3.63, 3.8) is 0 Å². The first kappa shape index (κ1) is 20.9. The van der Waals surface area contributed by atoms with Crippen molar-refractivity contribution in [1.82, 2.24) is 14.5 Å². The lowest BCUT2D eigenvalue weighted by Gasteiger charge is -2.26. The molecule has 2 heterocycles. The zero-order valence-electron chi connectivity index (χ0n) is 16.1. The summed E-state index contributed by atoms with van der Waals surface area (Å²) in [5.41, 5.74) is 1.94. The van der Waals surface area contributed by atoms with Gasteiger partial charge in [0.15, 0.2) is 0 Å². The molecule has 3 rings (SSSR count). The van der Waals surface area contributed by atoms with Gasteiger partial charge in [-0.05, 0) is 19.8 Å². The molecular formula is C19H31N5O. The van der Waals surface area contributed by atoms with Crippen LogP contribution in [0.4, 0.5) is 5.82 Å². The molecule has 0 aliphatic heterocycles. The summed E-state index contributed by atoms with van der Waals surface area (Å²) in [5.74, 6) is 1.61. The average molecular weight is 345 g/mol. The van der Waals surface area contributed by atoms with E-state index in [0.717, 1.165) is 22.7 Å². The topological polar surface area (TPSA) is 86.8 Å². The Morgan fingerprint density at radius 1 is 1.32 bits per heavy atom. The van der Waals surface area contributed by atoms with Crippen LogP contribution in [0.15, 0.2) is 12.3 Å². The number of aliphatic hydroxyl groups excluding tert-OH is 1.